The smallest absolute Gasteiger partial charge is 0.306 e. The van der Waals surface area contributed by atoms with Gasteiger partial charge in [-0.15, -0.1) is 0 Å². The Balaban J connectivity index is 1.62. The van der Waals surface area contributed by atoms with Gasteiger partial charge in [0.1, 0.15) is 0 Å². The fourth-order valence-corrected chi connectivity index (χ4v) is 2.83. The summed E-state index contributed by atoms with van der Waals surface area (Å²) in [6.45, 7) is -0.434. The third-order valence-electron chi connectivity index (χ3n) is 4.26. The minimum absolute atomic E-state index is 0.0326. The molecule has 2 N–H and O–H groups in total. The van der Waals surface area contributed by atoms with Crippen molar-refractivity contribution in [1.82, 2.24) is 10.2 Å². The first-order valence-electron chi connectivity index (χ1n) is 9.74. The lowest BCUT2D eigenvalue weighted by Gasteiger charge is -2.17. The van der Waals surface area contributed by atoms with E-state index in [1.807, 2.05) is 0 Å². The number of para-hydroxylation sites is 1. The molecular weight excluding hydrogens is 457 g/mol. The lowest BCUT2D eigenvalue weighted by molar-refractivity contribution is -0.151. The van der Waals surface area contributed by atoms with Crippen molar-refractivity contribution in [2.24, 2.45) is 0 Å². The van der Waals surface area contributed by atoms with E-state index in [0.29, 0.717) is 27.7 Å². The van der Waals surface area contributed by atoms with E-state index in [1.165, 1.54) is 7.05 Å². The Kier molecular flexibility index (Phi) is 9.97. The van der Waals surface area contributed by atoms with Crippen molar-refractivity contribution in [2.45, 2.75) is 12.8 Å². The van der Waals surface area contributed by atoms with E-state index >= 15 is 0 Å². The van der Waals surface area contributed by atoms with E-state index < -0.39 is 24.4 Å². The van der Waals surface area contributed by atoms with E-state index in [1.54, 1.807) is 48.5 Å². The summed E-state index contributed by atoms with van der Waals surface area (Å²) in [5.41, 5.74) is 0.902. The molecule has 2 aromatic carbocycles. The number of nitrogens with one attached hydrogen (secondary N) is 2. The van der Waals surface area contributed by atoms with Crippen molar-refractivity contribution in [3.8, 4) is 0 Å². The SMILES string of the molecule is CN(CC(=O)Nc1ccccc1Cl)C(=O)COC(=O)CCCNC(=O)c1ccc(Cl)cc1. The van der Waals surface area contributed by atoms with Crippen molar-refractivity contribution < 1.29 is 23.9 Å². The zero-order valence-corrected chi connectivity index (χ0v) is 18.9. The van der Waals surface area contributed by atoms with Crippen molar-refractivity contribution in [1.29, 1.82) is 0 Å². The van der Waals surface area contributed by atoms with E-state index in [9.17, 15) is 19.2 Å². The zero-order valence-electron chi connectivity index (χ0n) is 17.4. The van der Waals surface area contributed by atoms with Gasteiger partial charge in [0.2, 0.25) is 5.91 Å². The van der Waals surface area contributed by atoms with Gasteiger partial charge < -0.3 is 20.3 Å². The summed E-state index contributed by atoms with van der Waals surface area (Å²) in [7, 11) is 1.43. The Morgan fingerprint density at radius 2 is 1.69 bits per heavy atom. The first-order valence-corrected chi connectivity index (χ1v) is 10.5. The van der Waals surface area contributed by atoms with E-state index in [4.69, 9.17) is 27.9 Å². The topological polar surface area (TPSA) is 105 Å². The average Bonchev–Trinajstić information content (AvgIpc) is 2.76. The molecule has 2 rings (SSSR count). The van der Waals surface area contributed by atoms with Gasteiger partial charge in [0.25, 0.3) is 11.8 Å². The van der Waals surface area contributed by atoms with E-state index in [-0.39, 0.29) is 25.4 Å². The van der Waals surface area contributed by atoms with Gasteiger partial charge >= 0.3 is 5.97 Å². The molecule has 0 fully saturated rings. The first-order chi connectivity index (χ1) is 15.3. The molecule has 0 heterocycles. The van der Waals surface area contributed by atoms with Crippen molar-refractivity contribution >= 4 is 52.6 Å². The number of ether oxygens (including phenoxy) is 1. The number of nitrogens with zero attached hydrogens (tertiary/aromatic N) is 1. The predicted octanol–water partition coefficient (Wildman–Crippen LogP) is 3.14. The number of halogens is 2. The molecule has 8 nitrogen and oxygen atoms in total. The van der Waals surface area contributed by atoms with Gasteiger partial charge in [0, 0.05) is 30.6 Å². The van der Waals surface area contributed by atoms with Crippen LogP contribution in [0, 0.1) is 0 Å². The number of benzene rings is 2. The van der Waals surface area contributed by atoms with Crippen LogP contribution in [0.25, 0.3) is 0 Å². The summed E-state index contributed by atoms with van der Waals surface area (Å²) in [6, 6.07) is 13.2. The molecule has 0 aliphatic rings. The van der Waals surface area contributed by atoms with Gasteiger partial charge in [-0.25, -0.2) is 0 Å². The van der Waals surface area contributed by atoms with E-state index in [0.717, 1.165) is 4.90 Å². The largest absolute Gasteiger partial charge is 0.456 e. The highest BCUT2D eigenvalue weighted by molar-refractivity contribution is 6.33. The van der Waals surface area contributed by atoms with Crippen LogP contribution in [-0.4, -0.2) is 55.3 Å². The summed E-state index contributed by atoms with van der Waals surface area (Å²) in [4.78, 5) is 49.0. The number of hydrogen-bond acceptors (Lipinski definition) is 5. The Labute approximate surface area is 195 Å². The average molecular weight is 480 g/mol. The van der Waals surface area contributed by atoms with Gasteiger partial charge in [0.05, 0.1) is 17.3 Å². The molecule has 0 spiro atoms. The lowest BCUT2D eigenvalue weighted by atomic mass is 10.2. The maximum absolute atomic E-state index is 12.1. The molecule has 0 saturated heterocycles. The van der Waals surface area contributed by atoms with Crippen molar-refractivity contribution in [3.05, 3.63) is 64.1 Å². The lowest BCUT2D eigenvalue weighted by Crippen LogP contribution is -2.37. The molecule has 0 aromatic heterocycles. The molecule has 0 saturated carbocycles. The normalized spacial score (nSPS) is 10.2. The van der Waals surface area contributed by atoms with Gasteiger partial charge in [-0.2, -0.15) is 0 Å². The summed E-state index contributed by atoms with van der Waals surface area (Å²) >= 11 is 11.8. The maximum Gasteiger partial charge on any atom is 0.306 e. The number of anilines is 1. The fraction of sp³-hybridized carbons (Fsp3) is 0.273. The fourth-order valence-electron chi connectivity index (χ4n) is 2.52. The van der Waals surface area contributed by atoms with Crippen LogP contribution < -0.4 is 10.6 Å². The summed E-state index contributed by atoms with van der Waals surface area (Å²) in [6.07, 6.45) is 0.382. The second-order valence-electron chi connectivity index (χ2n) is 6.80. The standard InChI is InChI=1S/C22H23Cl2N3O5/c1-27(13-19(28)26-18-6-3-2-5-17(18)24)20(29)14-32-21(30)7-4-12-25-22(31)15-8-10-16(23)11-9-15/h2-3,5-6,8-11H,4,7,12-14H2,1H3,(H,25,31)(H,26,28). The van der Waals surface area contributed by atoms with Gasteiger partial charge in [0.15, 0.2) is 6.61 Å². The molecule has 0 aliphatic heterocycles. The molecule has 3 amide bonds. The molecule has 2 aromatic rings. The second-order valence-corrected chi connectivity index (χ2v) is 7.65. The number of carbonyl (C=O) groups excluding carboxylic acids is 4. The number of rotatable bonds is 10. The van der Waals surface area contributed by atoms with Crippen molar-refractivity contribution in [2.75, 3.05) is 32.1 Å². The summed E-state index contributed by atoms with van der Waals surface area (Å²) in [5, 5.41) is 6.20. The van der Waals surface area contributed by atoms with Crippen LogP contribution in [0.5, 0.6) is 0 Å². The Bertz CT molecular complexity index is 966. The van der Waals surface area contributed by atoms with Crippen LogP contribution in [-0.2, 0) is 19.1 Å². The molecular formula is C22H23Cl2N3O5. The number of likely N-dealkylation sites (N-methyl/N-ethyl adjacent to an activating group) is 1. The van der Waals surface area contributed by atoms with Crippen LogP contribution in [0.3, 0.4) is 0 Å². The highest BCUT2D eigenvalue weighted by Crippen LogP contribution is 2.20. The van der Waals surface area contributed by atoms with E-state index in [2.05, 4.69) is 10.6 Å². The number of carbonyl (C=O) groups is 4. The molecule has 170 valence electrons. The maximum atomic E-state index is 12.1. The molecule has 10 heteroatoms. The van der Waals surface area contributed by atoms with Crippen LogP contribution in [0.15, 0.2) is 48.5 Å². The quantitative estimate of drug-likeness (QED) is 0.402. The van der Waals surface area contributed by atoms with Crippen molar-refractivity contribution in [3.63, 3.8) is 0 Å². The minimum atomic E-state index is -0.576. The molecule has 0 unspecified atom stereocenters. The second kappa shape index (κ2) is 12.7. The third-order valence-corrected chi connectivity index (χ3v) is 4.84. The molecule has 0 aliphatic carbocycles. The van der Waals surface area contributed by atoms with Crippen LogP contribution in [0.4, 0.5) is 5.69 Å². The van der Waals surface area contributed by atoms with Gasteiger partial charge in [-0.3, -0.25) is 19.2 Å². The Morgan fingerprint density at radius 1 is 1.00 bits per heavy atom. The van der Waals surface area contributed by atoms with Gasteiger partial charge in [-0.05, 0) is 42.8 Å². The zero-order chi connectivity index (χ0) is 23.5. The Morgan fingerprint density at radius 3 is 2.38 bits per heavy atom. The first kappa shape index (κ1) is 25.2. The predicted molar refractivity (Wildman–Crippen MR) is 122 cm³/mol. The summed E-state index contributed by atoms with van der Waals surface area (Å²) in [5.74, 6) is -1.81. The highest BCUT2D eigenvalue weighted by atomic mass is 35.5. The van der Waals surface area contributed by atoms with Crippen LogP contribution in [0.2, 0.25) is 10.0 Å². The number of esters is 1. The molecule has 0 radical (unpaired) electrons. The van der Waals surface area contributed by atoms with Crippen LogP contribution >= 0.6 is 23.2 Å². The summed E-state index contributed by atoms with van der Waals surface area (Å²) < 4.78 is 4.94. The highest BCUT2D eigenvalue weighted by Gasteiger charge is 2.16. The minimum Gasteiger partial charge on any atom is -0.456 e. The molecule has 32 heavy (non-hydrogen) atoms. The monoisotopic (exact) mass is 479 g/mol. The number of amides is 3. The molecule has 0 atom stereocenters. The Hall–Kier alpha value is -3.10. The van der Waals surface area contributed by atoms with Crippen LogP contribution in [0.1, 0.15) is 23.2 Å². The molecule has 0 bridgehead atoms. The third kappa shape index (κ3) is 8.56. The van der Waals surface area contributed by atoms with Gasteiger partial charge in [-0.1, -0.05) is 35.3 Å². The number of hydrogen-bond donors (Lipinski definition) is 2.